The third kappa shape index (κ3) is 5.15. The number of carbonyl (C=O) groups is 2. The molecular formula is C21H20INO4S. The van der Waals surface area contributed by atoms with E-state index in [1.54, 1.807) is 13.2 Å². The van der Waals surface area contributed by atoms with Crippen molar-refractivity contribution in [3.05, 3.63) is 67.6 Å². The number of ether oxygens (including phenoxy) is 2. The fourth-order valence-electron chi connectivity index (χ4n) is 2.71. The Morgan fingerprint density at radius 3 is 2.71 bits per heavy atom. The van der Waals surface area contributed by atoms with E-state index in [-0.39, 0.29) is 17.7 Å². The molecule has 28 heavy (non-hydrogen) atoms. The van der Waals surface area contributed by atoms with Crippen LogP contribution < -0.4 is 4.74 Å². The number of nitrogens with zero attached hydrogens (tertiary/aromatic N) is 1. The van der Waals surface area contributed by atoms with Gasteiger partial charge in [0, 0.05) is 7.11 Å². The predicted molar refractivity (Wildman–Crippen MR) is 119 cm³/mol. The van der Waals surface area contributed by atoms with Crippen molar-refractivity contribution in [1.82, 2.24) is 4.90 Å². The highest BCUT2D eigenvalue weighted by Crippen LogP contribution is 2.33. The number of amides is 2. The zero-order valence-electron chi connectivity index (χ0n) is 15.6. The number of carbonyl (C=O) groups excluding carboxylic acids is 2. The Morgan fingerprint density at radius 1 is 1.18 bits per heavy atom. The molecule has 146 valence electrons. The summed E-state index contributed by atoms with van der Waals surface area (Å²) >= 11 is 3.17. The van der Waals surface area contributed by atoms with Gasteiger partial charge in [0.15, 0.2) is 0 Å². The van der Waals surface area contributed by atoms with Crippen LogP contribution in [0.1, 0.15) is 16.7 Å². The monoisotopic (exact) mass is 509 g/mol. The number of halogens is 1. The second-order valence-electron chi connectivity index (χ2n) is 6.29. The van der Waals surface area contributed by atoms with Crippen LogP contribution in [0.25, 0.3) is 6.08 Å². The molecule has 0 aromatic heterocycles. The van der Waals surface area contributed by atoms with Crippen molar-refractivity contribution in [1.29, 1.82) is 0 Å². The molecule has 0 unspecified atom stereocenters. The molecule has 1 heterocycles. The van der Waals surface area contributed by atoms with E-state index in [0.717, 1.165) is 32.2 Å². The average Bonchev–Trinajstić information content (AvgIpc) is 2.92. The van der Waals surface area contributed by atoms with Gasteiger partial charge in [0.25, 0.3) is 11.1 Å². The lowest BCUT2D eigenvalue weighted by molar-refractivity contribution is -0.123. The molecule has 0 atom stereocenters. The van der Waals surface area contributed by atoms with Gasteiger partial charge in [-0.05, 0) is 70.6 Å². The molecule has 2 aromatic rings. The third-order valence-corrected chi connectivity index (χ3v) is 5.87. The van der Waals surface area contributed by atoms with Gasteiger partial charge in [-0.2, -0.15) is 0 Å². The summed E-state index contributed by atoms with van der Waals surface area (Å²) in [5.74, 6) is 0.509. The second kappa shape index (κ2) is 9.58. The maximum atomic E-state index is 12.4. The van der Waals surface area contributed by atoms with Crippen LogP contribution in [0.3, 0.4) is 0 Å². The number of aryl methyl sites for hydroxylation is 1. The fourth-order valence-corrected chi connectivity index (χ4v) is 4.27. The summed E-state index contributed by atoms with van der Waals surface area (Å²) in [7, 11) is 1.54. The van der Waals surface area contributed by atoms with Gasteiger partial charge in [-0.1, -0.05) is 35.9 Å². The minimum atomic E-state index is -0.276. The maximum Gasteiger partial charge on any atom is 0.293 e. The Hall–Kier alpha value is -1.84. The van der Waals surface area contributed by atoms with Crippen LogP contribution >= 0.6 is 34.4 Å². The number of hydrogen-bond acceptors (Lipinski definition) is 5. The Balaban J connectivity index is 1.69. The summed E-state index contributed by atoms with van der Waals surface area (Å²) in [6.07, 6.45) is 1.74. The molecular weight excluding hydrogens is 489 g/mol. The zero-order valence-corrected chi connectivity index (χ0v) is 18.6. The van der Waals surface area contributed by atoms with Crippen molar-refractivity contribution in [2.75, 3.05) is 20.3 Å². The van der Waals surface area contributed by atoms with E-state index in [4.69, 9.17) is 9.47 Å². The fraction of sp³-hybridized carbons (Fsp3) is 0.238. The first-order valence-electron chi connectivity index (χ1n) is 8.70. The lowest BCUT2D eigenvalue weighted by atomic mass is 10.1. The first-order valence-corrected chi connectivity index (χ1v) is 10.6. The van der Waals surface area contributed by atoms with Crippen LogP contribution in [0.2, 0.25) is 0 Å². The van der Waals surface area contributed by atoms with Gasteiger partial charge in [0.05, 0.1) is 21.6 Å². The van der Waals surface area contributed by atoms with E-state index in [0.29, 0.717) is 18.1 Å². The molecule has 0 bridgehead atoms. The minimum Gasteiger partial charge on any atom is -0.488 e. The van der Waals surface area contributed by atoms with Crippen molar-refractivity contribution in [3.63, 3.8) is 0 Å². The normalized spacial score (nSPS) is 15.5. The average molecular weight is 509 g/mol. The molecule has 2 amide bonds. The molecule has 0 N–H and O–H groups in total. The summed E-state index contributed by atoms with van der Waals surface area (Å²) in [5, 5.41) is -0.263. The molecule has 3 rings (SSSR count). The molecule has 0 aliphatic carbocycles. The number of rotatable bonds is 7. The largest absolute Gasteiger partial charge is 0.488 e. The number of imide groups is 1. The molecule has 1 aliphatic heterocycles. The van der Waals surface area contributed by atoms with Gasteiger partial charge >= 0.3 is 0 Å². The van der Waals surface area contributed by atoms with Crippen molar-refractivity contribution >= 4 is 51.6 Å². The van der Waals surface area contributed by atoms with Crippen molar-refractivity contribution in [2.45, 2.75) is 13.5 Å². The maximum absolute atomic E-state index is 12.4. The van der Waals surface area contributed by atoms with Gasteiger partial charge < -0.3 is 9.47 Å². The van der Waals surface area contributed by atoms with Crippen LogP contribution in [0.15, 0.2) is 47.4 Å². The SMILES string of the molecule is COCCN1C(=O)S/C(=C/c2ccc(OCc3cccc(C)c3)c(I)c2)C1=O. The first-order chi connectivity index (χ1) is 13.5. The van der Waals surface area contributed by atoms with Gasteiger partial charge in [-0.15, -0.1) is 0 Å². The Bertz CT molecular complexity index is 928. The van der Waals surface area contributed by atoms with E-state index in [9.17, 15) is 9.59 Å². The van der Waals surface area contributed by atoms with Crippen LogP contribution in [-0.2, 0) is 16.1 Å². The van der Waals surface area contributed by atoms with E-state index >= 15 is 0 Å². The zero-order chi connectivity index (χ0) is 20.1. The van der Waals surface area contributed by atoms with Gasteiger partial charge in [0.2, 0.25) is 0 Å². The topological polar surface area (TPSA) is 55.8 Å². The first kappa shape index (κ1) is 20.9. The van der Waals surface area contributed by atoms with Crippen LogP contribution in [0, 0.1) is 10.5 Å². The number of hydrogen-bond donors (Lipinski definition) is 0. The van der Waals surface area contributed by atoms with E-state index in [2.05, 4.69) is 41.6 Å². The van der Waals surface area contributed by atoms with Gasteiger partial charge in [-0.3, -0.25) is 14.5 Å². The lowest BCUT2D eigenvalue weighted by Gasteiger charge is -2.11. The highest BCUT2D eigenvalue weighted by molar-refractivity contribution is 14.1. The standard InChI is InChI=1S/C21H20INO4S/c1-14-4-3-5-16(10-14)13-27-18-7-6-15(11-17(18)22)12-19-20(24)23(8-9-26-2)21(25)28-19/h3-7,10-12H,8-9,13H2,1-2H3/b19-12+. The minimum absolute atomic E-state index is 0.263. The van der Waals surface area contributed by atoms with E-state index in [1.165, 1.54) is 10.5 Å². The molecule has 1 saturated heterocycles. The van der Waals surface area contributed by atoms with Crippen LogP contribution in [0.4, 0.5) is 4.79 Å². The Kier molecular flexibility index (Phi) is 7.14. The summed E-state index contributed by atoms with van der Waals surface area (Å²) in [6, 6.07) is 13.9. The second-order valence-corrected chi connectivity index (χ2v) is 8.45. The van der Waals surface area contributed by atoms with Gasteiger partial charge in [0.1, 0.15) is 12.4 Å². The highest BCUT2D eigenvalue weighted by Gasteiger charge is 2.34. The molecule has 0 saturated carbocycles. The number of benzene rings is 2. The van der Waals surface area contributed by atoms with Crippen molar-refractivity contribution < 1.29 is 19.1 Å². The summed E-state index contributed by atoms with van der Waals surface area (Å²) in [5.41, 5.74) is 3.17. The quantitative estimate of drug-likeness (QED) is 0.394. The van der Waals surface area contributed by atoms with Crippen molar-refractivity contribution in [3.8, 4) is 5.75 Å². The number of thioether (sulfide) groups is 1. The molecule has 0 radical (unpaired) electrons. The molecule has 5 nitrogen and oxygen atoms in total. The number of methoxy groups -OCH3 is 1. The van der Waals surface area contributed by atoms with Crippen LogP contribution in [0.5, 0.6) is 5.75 Å². The van der Waals surface area contributed by atoms with E-state index < -0.39 is 0 Å². The Morgan fingerprint density at radius 2 is 2.00 bits per heavy atom. The summed E-state index contributed by atoms with van der Waals surface area (Å²) < 4.78 is 11.8. The van der Waals surface area contributed by atoms with Crippen molar-refractivity contribution in [2.24, 2.45) is 0 Å². The highest BCUT2D eigenvalue weighted by atomic mass is 127. The lowest BCUT2D eigenvalue weighted by Crippen LogP contribution is -2.31. The van der Waals surface area contributed by atoms with E-state index in [1.807, 2.05) is 30.3 Å². The molecule has 2 aromatic carbocycles. The molecule has 0 spiro atoms. The molecule has 1 fully saturated rings. The smallest absolute Gasteiger partial charge is 0.293 e. The molecule has 1 aliphatic rings. The summed E-state index contributed by atoms with van der Waals surface area (Å²) in [4.78, 5) is 26.0. The van der Waals surface area contributed by atoms with Crippen LogP contribution in [-0.4, -0.2) is 36.3 Å². The molecule has 7 heteroatoms. The summed E-state index contributed by atoms with van der Waals surface area (Å²) in [6.45, 7) is 3.15. The third-order valence-electron chi connectivity index (χ3n) is 4.12. The predicted octanol–water partition coefficient (Wildman–Crippen LogP) is 4.86. The van der Waals surface area contributed by atoms with Gasteiger partial charge in [-0.25, -0.2) is 0 Å². The Labute approximate surface area is 182 Å².